The topological polar surface area (TPSA) is 103 Å². The van der Waals surface area contributed by atoms with E-state index in [2.05, 4.69) is 5.32 Å². The van der Waals surface area contributed by atoms with Gasteiger partial charge in [-0.15, -0.1) is 0 Å². The summed E-state index contributed by atoms with van der Waals surface area (Å²) >= 11 is 0. The Kier molecular flexibility index (Phi) is 7.85. The summed E-state index contributed by atoms with van der Waals surface area (Å²) in [4.78, 5) is 12.8. The van der Waals surface area contributed by atoms with Gasteiger partial charge in [0.1, 0.15) is 18.0 Å². The van der Waals surface area contributed by atoms with Gasteiger partial charge >= 0.3 is 0 Å². The highest BCUT2D eigenvalue weighted by atomic mass is 32.2. The summed E-state index contributed by atoms with van der Waals surface area (Å²) in [5, 5.41) is 2.71. The molecule has 1 N–H and O–H groups in total. The quantitative estimate of drug-likeness (QED) is 0.467. The maximum absolute atomic E-state index is 13.6. The normalized spacial score (nSPS) is 10.8. The molecule has 0 radical (unpaired) electrons. The summed E-state index contributed by atoms with van der Waals surface area (Å²) < 4.78 is 49.1. The van der Waals surface area contributed by atoms with Gasteiger partial charge in [-0.05, 0) is 48.5 Å². The summed E-state index contributed by atoms with van der Waals surface area (Å²) in [7, 11) is 1.74. The molecule has 0 aromatic heterocycles. The predicted molar refractivity (Wildman–Crippen MR) is 129 cm³/mol. The average molecular weight is 487 g/mol. The minimum absolute atomic E-state index is 0.0600. The van der Waals surface area contributed by atoms with Gasteiger partial charge in [0.25, 0.3) is 10.0 Å². The van der Waals surface area contributed by atoms with Crippen LogP contribution in [0.25, 0.3) is 0 Å². The summed E-state index contributed by atoms with van der Waals surface area (Å²) in [6, 6.07) is 17.4. The first-order valence-electron chi connectivity index (χ1n) is 10.1. The largest absolute Gasteiger partial charge is 0.497 e. The van der Waals surface area contributed by atoms with Crippen LogP contribution in [0.2, 0.25) is 0 Å². The molecule has 3 aromatic rings. The Morgan fingerprint density at radius 3 is 2.09 bits per heavy atom. The minimum atomic E-state index is -4.16. The molecule has 180 valence electrons. The van der Waals surface area contributed by atoms with Crippen molar-refractivity contribution < 1.29 is 32.2 Å². The number of nitrogens with one attached hydrogen (secondary N) is 1. The molecule has 3 aromatic carbocycles. The lowest BCUT2D eigenvalue weighted by Crippen LogP contribution is -2.38. The maximum atomic E-state index is 13.6. The van der Waals surface area contributed by atoms with E-state index in [9.17, 15) is 13.2 Å². The fraction of sp³-hybridized carbons (Fsp3) is 0.208. The van der Waals surface area contributed by atoms with E-state index in [4.69, 9.17) is 18.9 Å². The van der Waals surface area contributed by atoms with Crippen LogP contribution in [0.1, 0.15) is 0 Å². The number of nitrogens with zero attached hydrogens (tertiary/aromatic N) is 1. The van der Waals surface area contributed by atoms with Crippen molar-refractivity contribution in [2.45, 2.75) is 4.90 Å². The number of ether oxygens (including phenoxy) is 4. The van der Waals surface area contributed by atoms with E-state index in [0.29, 0.717) is 22.9 Å². The Balaban J connectivity index is 1.98. The lowest BCUT2D eigenvalue weighted by atomic mass is 10.3. The number of anilines is 2. The molecule has 0 aliphatic heterocycles. The highest BCUT2D eigenvalue weighted by molar-refractivity contribution is 7.92. The number of sulfonamides is 1. The highest BCUT2D eigenvalue weighted by Gasteiger charge is 2.28. The number of hydrogen-bond donors (Lipinski definition) is 1. The molecule has 0 atom stereocenters. The Labute approximate surface area is 198 Å². The van der Waals surface area contributed by atoms with Crippen LogP contribution in [-0.2, 0) is 14.8 Å². The second-order valence-electron chi connectivity index (χ2n) is 7.01. The number of benzene rings is 3. The molecule has 1 amide bonds. The zero-order valence-electron chi connectivity index (χ0n) is 19.3. The predicted octanol–water partition coefficient (Wildman–Crippen LogP) is 3.56. The first-order chi connectivity index (χ1) is 16.3. The third-order valence-corrected chi connectivity index (χ3v) is 6.71. The van der Waals surface area contributed by atoms with E-state index in [-0.39, 0.29) is 16.3 Å². The van der Waals surface area contributed by atoms with Crippen molar-refractivity contribution in [2.24, 2.45) is 0 Å². The maximum Gasteiger partial charge on any atom is 0.264 e. The first-order valence-corrected chi connectivity index (χ1v) is 11.6. The molecule has 10 heteroatoms. The summed E-state index contributed by atoms with van der Waals surface area (Å²) in [6.45, 7) is -0.472. The molecular formula is C24H26N2O7S. The van der Waals surface area contributed by atoms with E-state index in [0.717, 1.165) is 4.31 Å². The molecule has 0 unspecified atom stereocenters. The van der Waals surface area contributed by atoms with Crippen molar-refractivity contribution in [1.82, 2.24) is 0 Å². The molecule has 0 spiro atoms. The highest BCUT2D eigenvalue weighted by Crippen LogP contribution is 2.32. The van der Waals surface area contributed by atoms with E-state index in [1.807, 2.05) is 0 Å². The Morgan fingerprint density at radius 1 is 0.794 bits per heavy atom. The van der Waals surface area contributed by atoms with Gasteiger partial charge in [0, 0.05) is 17.8 Å². The Morgan fingerprint density at radius 2 is 1.47 bits per heavy atom. The molecule has 0 saturated heterocycles. The van der Waals surface area contributed by atoms with E-state index in [1.54, 1.807) is 48.5 Å². The van der Waals surface area contributed by atoms with Gasteiger partial charge in [-0.25, -0.2) is 8.42 Å². The number of methoxy groups -OCH3 is 4. The molecule has 0 aliphatic rings. The summed E-state index contributed by atoms with van der Waals surface area (Å²) in [5.41, 5.74) is 0.763. The zero-order valence-corrected chi connectivity index (χ0v) is 20.1. The van der Waals surface area contributed by atoms with Gasteiger partial charge in [0.2, 0.25) is 5.91 Å². The molecule has 34 heavy (non-hydrogen) atoms. The average Bonchev–Trinajstić information content (AvgIpc) is 2.86. The molecule has 9 nitrogen and oxygen atoms in total. The van der Waals surface area contributed by atoms with Crippen LogP contribution < -0.4 is 28.6 Å². The van der Waals surface area contributed by atoms with Crippen molar-refractivity contribution in [1.29, 1.82) is 0 Å². The van der Waals surface area contributed by atoms with Gasteiger partial charge < -0.3 is 24.3 Å². The fourth-order valence-electron chi connectivity index (χ4n) is 3.20. The summed E-state index contributed by atoms with van der Waals surface area (Å²) in [5.74, 6) is 1.20. The van der Waals surface area contributed by atoms with E-state index >= 15 is 0 Å². The molecule has 0 heterocycles. The monoisotopic (exact) mass is 486 g/mol. The molecule has 0 saturated carbocycles. The first kappa shape index (κ1) is 24.7. The Hall–Kier alpha value is -3.92. The van der Waals surface area contributed by atoms with Crippen LogP contribution in [0, 0.1) is 0 Å². The van der Waals surface area contributed by atoms with Crippen LogP contribution in [0.4, 0.5) is 11.4 Å². The molecule has 3 rings (SSSR count). The standard InChI is InChI=1S/C24H26N2O7S/c1-30-19-10-8-18(9-11-19)26(16-24(27)25-17-6-5-7-20(14-17)31-2)34(28,29)21-12-13-22(32-3)23(15-21)33-4/h5-15H,16H2,1-4H3,(H,25,27). The SMILES string of the molecule is COc1ccc(N(CC(=O)Nc2cccc(OC)c2)S(=O)(=O)c2ccc(OC)c(OC)c2)cc1. The summed E-state index contributed by atoms with van der Waals surface area (Å²) in [6.07, 6.45) is 0. The van der Waals surface area contributed by atoms with Crippen LogP contribution in [0.5, 0.6) is 23.0 Å². The zero-order chi connectivity index (χ0) is 24.7. The molecule has 0 bridgehead atoms. The van der Waals surface area contributed by atoms with Crippen LogP contribution >= 0.6 is 0 Å². The van der Waals surface area contributed by atoms with Crippen molar-refractivity contribution in [3.05, 3.63) is 66.7 Å². The third kappa shape index (κ3) is 5.52. The van der Waals surface area contributed by atoms with Gasteiger partial charge in [0.15, 0.2) is 11.5 Å². The lowest BCUT2D eigenvalue weighted by molar-refractivity contribution is -0.114. The molecule has 0 fully saturated rings. The number of rotatable bonds is 10. The van der Waals surface area contributed by atoms with Crippen molar-refractivity contribution in [3.8, 4) is 23.0 Å². The molecular weight excluding hydrogens is 460 g/mol. The van der Waals surface area contributed by atoms with Crippen LogP contribution in [0.15, 0.2) is 71.6 Å². The second-order valence-corrected chi connectivity index (χ2v) is 8.87. The second kappa shape index (κ2) is 10.8. The fourth-order valence-corrected chi connectivity index (χ4v) is 4.64. The van der Waals surface area contributed by atoms with E-state index in [1.165, 1.54) is 46.6 Å². The number of carbonyl (C=O) groups is 1. The van der Waals surface area contributed by atoms with Gasteiger partial charge in [0.05, 0.1) is 39.0 Å². The van der Waals surface area contributed by atoms with Crippen molar-refractivity contribution >= 4 is 27.3 Å². The minimum Gasteiger partial charge on any atom is -0.497 e. The van der Waals surface area contributed by atoms with Gasteiger partial charge in [-0.3, -0.25) is 9.10 Å². The smallest absolute Gasteiger partial charge is 0.264 e. The lowest BCUT2D eigenvalue weighted by Gasteiger charge is -2.24. The number of carbonyl (C=O) groups excluding carboxylic acids is 1. The number of amides is 1. The molecule has 0 aliphatic carbocycles. The van der Waals surface area contributed by atoms with E-state index < -0.39 is 22.5 Å². The van der Waals surface area contributed by atoms with Gasteiger partial charge in [-0.1, -0.05) is 6.07 Å². The van der Waals surface area contributed by atoms with Crippen molar-refractivity contribution in [3.63, 3.8) is 0 Å². The van der Waals surface area contributed by atoms with Crippen molar-refractivity contribution in [2.75, 3.05) is 44.6 Å². The van der Waals surface area contributed by atoms with Crippen LogP contribution in [0.3, 0.4) is 0 Å². The number of hydrogen-bond acceptors (Lipinski definition) is 7. The third-order valence-electron chi connectivity index (χ3n) is 4.94. The van der Waals surface area contributed by atoms with Gasteiger partial charge in [-0.2, -0.15) is 0 Å². The van der Waals surface area contributed by atoms with Crippen LogP contribution in [-0.4, -0.2) is 49.3 Å². The Bertz CT molecular complexity index is 1240.